The van der Waals surface area contributed by atoms with Crippen molar-refractivity contribution in [2.75, 3.05) is 5.73 Å². The highest BCUT2D eigenvalue weighted by molar-refractivity contribution is 7.16. The van der Waals surface area contributed by atoms with Gasteiger partial charge in [0.1, 0.15) is 23.0 Å². The summed E-state index contributed by atoms with van der Waals surface area (Å²) in [5.74, 6) is 0.739. The van der Waals surface area contributed by atoms with E-state index in [4.69, 9.17) is 16.2 Å². The van der Waals surface area contributed by atoms with Gasteiger partial charge in [0, 0.05) is 0 Å². The molecule has 7 heteroatoms. The molecule has 0 saturated carbocycles. The van der Waals surface area contributed by atoms with Gasteiger partial charge in [-0.05, 0) is 23.6 Å². The summed E-state index contributed by atoms with van der Waals surface area (Å²) >= 11 is 1.48. The van der Waals surface area contributed by atoms with Gasteiger partial charge in [0.25, 0.3) is 5.91 Å². The van der Waals surface area contributed by atoms with Gasteiger partial charge in [-0.3, -0.25) is 4.79 Å². The van der Waals surface area contributed by atoms with E-state index in [-0.39, 0.29) is 6.61 Å². The predicted octanol–water partition coefficient (Wildman–Crippen LogP) is 1.95. The Bertz CT molecular complexity index is 816. The number of thiophene rings is 1. The van der Waals surface area contributed by atoms with Crippen molar-refractivity contribution in [1.82, 2.24) is 9.97 Å². The second-order valence-electron chi connectivity index (χ2n) is 4.31. The Labute approximate surface area is 124 Å². The zero-order valence-electron chi connectivity index (χ0n) is 10.9. The molecule has 106 valence electrons. The van der Waals surface area contributed by atoms with Gasteiger partial charge in [-0.25, -0.2) is 9.97 Å². The molecule has 0 aliphatic heterocycles. The number of nitrogens with two attached hydrogens (primary N) is 2. The average Bonchev–Trinajstić information content (AvgIpc) is 2.94. The lowest BCUT2D eigenvalue weighted by atomic mass is 10.2. The summed E-state index contributed by atoms with van der Waals surface area (Å²) in [4.78, 5) is 20.7. The smallest absolute Gasteiger partial charge is 0.252 e. The van der Waals surface area contributed by atoms with Crippen molar-refractivity contribution in [2.24, 2.45) is 5.73 Å². The van der Waals surface area contributed by atoms with Crippen LogP contribution in [0.5, 0.6) is 5.75 Å². The van der Waals surface area contributed by atoms with Crippen LogP contribution < -0.4 is 16.2 Å². The Kier molecular flexibility index (Phi) is 3.41. The largest absolute Gasteiger partial charge is 0.485 e. The number of para-hydroxylation sites is 1. The molecule has 1 amide bonds. The lowest BCUT2D eigenvalue weighted by molar-refractivity contribution is 0.0995. The monoisotopic (exact) mass is 300 g/mol. The van der Waals surface area contributed by atoms with Gasteiger partial charge in [-0.1, -0.05) is 12.1 Å². The van der Waals surface area contributed by atoms with E-state index >= 15 is 0 Å². The second-order valence-corrected chi connectivity index (χ2v) is 5.21. The fraction of sp³-hybridized carbons (Fsp3) is 0.0714. The van der Waals surface area contributed by atoms with E-state index in [2.05, 4.69) is 9.97 Å². The maximum Gasteiger partial charge on any atom is 0.252 e. The molecule has 0 atom stereocenters. The van der Waals surface area contributed by atoms with Crippen LogP contribution in [0.4, 0.5) is 5.82 Å². The van der Waals surface area contributed by atoms with Crippen LogP contribution in [0.25, 0.3) is 10.2 Å². The number of hydrogen-bond donors (Lipinski definition) is 2. The van der Waals surface area contributed by atoms with Gasteiger partial charge in [-0.15, -0.1) is 11.3 Å². The van der Waals surface area contributed by atoms with E-state index in [1.54, 1.807) is 24.3 Å². The van der Waals surface area contributed by atoms with E-state index < -0.39 is 5.91 Å². The Balaban J connectivity index is 1.85. The number of carbonyl (C=O) groups is 1. The third-order valence-corrected chi connectivity index (χ3v) is 3.72. The molecule has 0 saturated heterocycles. The molecule has 3 rings (SSSR count). The minimum atomic E-state index is -0.542. The number of benzene rings is 1. The molecule has 3 aromatic rings. The highest BCUT2D eigenvalue weighted by atomic mass is 32.1. The number of nitrogen functional groups attached to an aromatic ring is 1. The van der Waals surface area contributed by atoms with Crippen molar-refractivity contribution in [3.05, 3.63) is 47.1 Å². The van der Waals surface area contributed by atoms with Crippen LogP contribution in [-0.2, 0) is 6.61 Å². The Morgan fingerprint density at radius 1 is 1.24 bits per heavy atom. The van der Waals surface area contributed by atoms with Crippen LogP contribution in [0.3, 0.4) is 0 Å². The molecular weight excluding hydrogens is 288 g/mol. The highest BCUT2D eigenvalue weighted by Crippen LogP contribution is 2.24. The molecule has 2 heterocycles. The molecule has 0 unspecified atom stereocenters. The topological polar surface area (TPSA) is 104 Å². The first-order valence-corrected chi connectivity index (χ1v) is 7.04. The lowest BCUT2D eigenvalue weighted by Crippen LogP contribution is -2.13. The number of ether oxygens (including phenoxy) is 1. The van der Waals surface area contributed by atoms with Crippen LogP contribution in [0.15, 0.2) is 35.7 Å². The first-order valence-electron chi connectivity index (χ1n) is 6.16. The lowest BCUT2D eigenvalue weighted by Gasteiger charge is -2.09. The minimum absolute atomic E-state index is 0.113. The summed E-state index contributed by atoms with van der Waals surface area (Å²) in [6.07, 6.45) is 0. The number of nitrogens with zero attached hydrogens (tertiary/aromatic N) is 2. The summed E-state index contributed by atoms with van der Waals surface area (Å²) in [7, 11) is 0. The minimum Gasteiger partial charge on any atom is -0.485 e. The highest BCUT2D eigenvalue weighted by Gasteiger charge is 2.11. The van der Waals surface area contributed by atoms with Crippen molar-refractivity contribution in [3.63, 3.8) is 0 Å². The summed E-state index contributed by atoms with van der Waals surface area (Å²) in [5.41, 5.74) is 11.5. The first kappa shape index (κ1) is 13.3. The van der Waals surface area contributed by atoms with E-state index in [0.29, 0.717) is 23.0 Å². The molecule has 0 aliphatic carbocycles. The molecule has 1 aromatic carbocycles. The molecule has 4 N–H and O–H groups in total. The second kappa shape index (κ2) is 5.37. The zero-order valence-corrected chi connectivity index (χ0v) is 11.8. The van der Waals surface area contributed by atoms with E-state index in [1.165, 1.54) is 11.3 Å². The Morgan fingerprint density at radius 2 is 2.05 bits per heavy atom. The van der Waals surface area contributed by atoms with E-state index in [0.717, 1.165) is 10.2 Å². The number of carbonyl (C=O) groups excluding carboxylic acids is 1. The van der Waals surface area contributed by atoms with Gasteiger partial charge in [-0.2, -0.15) is 0 Å². The van der Waals surface area contributed by atoms with E-state index in [9.17, 15) is 4.79 Å². The quantitative estimate of drug-likeness (QED) is 0.766. The number of fused-ring (bicyclic) bond motifs is 1. The normalized spacial score (nSPS) is 10.7. The SMILES string of the molecule is NC(=O)c1ccccc1OCc1nc(N)c2ccsc2n1. The van der Waals surface area contributed by atoms with Gasteiger partial charge >= 0.3 is 0 Å². The van der Waals surface area contributed by atoms with Gasteiger partial charge in [0.05, 0.1) is 10.9 Å². The molecule has 21 heavy (non-hydrogen) atoms. The standard InChI is InChI=1S/C14H12N4O2S/c15-12-9-5-6-21-14(9)18-11(17-12)7-20-10-4-2-1-3-8(10)13(16)19/h1-6H,7H2,(H2,16,19)(H2,15,17,18). The van der Waals surface area contributed by atoms with Crippen molar-refractivity contribution < 1.29 is 9.53 Å². The molecule has 0 bridgehead atoms. The summed E-state index contributed by atoms with van der Waals surface area (Å²) in [5, 5.41) is 2.74. The molecular formula is C14H12N4O2S. The summed E-state index contributed by atoms with van der Waals surface area (Å²) in [6.45, 7) is 0.113. The third kappa shape index (κ3) is 2.63. The molecule has 0 aliphatic rings. The van der Waals surface area contributed by atoms with Crippen molar-refractivity contribution in [2.45, 2.75) is 6.61 Å². The Hall–Kier alpha value is -2.67. The van der Waals surface area contributed by atoms with Crippen LogP contribution in [0.1, 0.15) is 16.2 Å². The Morgan fingerprint density at radius 3 is 2.86 bits per heavy atom. The third-order valence-electron chi connectivity index (χ3n) is 2.91. The van der Waals surface area contributed by atoms with Crippen LogP contribution >= 0.6 is 11.3 Å². The fourth-order valence-corrected chi connectivity index (χ4v) is 2.72. The van der Waals surface area contributed by atoms with E-state index in [1.807, 2.05) is 11.4 Å². The van der Waals surface area contributed by atoms with Crippen LogP contribution in [0.2, 0.25) is 0 Å². The maximum absolute atomic E-state index is 11.3. The average molecular weight is 300 g/mol. The molecule has 2 aromatic heterocycles. The number of aromatic nitrogens is 2. The fourth-order valence-electron chi connectivity index (χ4n) is 1.93. The first-order chi connectivity index (χ1) is 10.1. The zero-order chi connectivity index (χ0) is 14.8. The summed E-state index contributed by atoms with van der Waals surface area (Å²) in [6, 6.07) is 8.64. The van der Waals surface area contributed by atoms with Crippen molar-refractivity contribution >= 4 is 33.3 Å². The molecule has 0 spiro atoms. The summed E-state index contributed by atoms with van der Waals surface area (Å²) < 4.78 is 5.59. The molecule has 0 radical (unpaired) electrons. The van der Waals surface area contributed by atoms with Gasteiger partial charge in [0.2, 0.25) is 0 Å². The van der Waals surface area contributed by atoms with Crippen LogP contribution in [-0.4, -0.2) is 15.9 Å². The molecule has 0 fully saturated rings. The maximum atomic E-state index is 11.3. The number of anilines is 1. The number of amides is 1. The van der Waals surface area contributed by atoms with Gasteiger partial charge in [0.15, 0.2) is 5.82 Å². The number of hydrogen-bond acceptors (Lipinski definition) is 6. The number of rotatable bonds is 4. The van der Waals surface area contributed by atoms with Gasteiger partial charge < -0.3 is 16.2 Å². The van der Waals surface area contributed by atoms with Crippen molar-refractivity contribution in [1.29, 1.82) is 0 Å². The number of primary amides is 1. The van der Waals surface area contributed by atoms with Crippen LogP contribution in [0, 0.1) is 0 Å². The molecule has 6 nitrogen and oxygen atoms in total. The predicted molar refractivity (Wildman–Crippen MR) is 81.1 cm³/mol. The van der Waals surface area contributed by atoms with Crippen molar-refractivity contribution in [3.8, 4) is 5.75 Å².